The summed E-state index contributed by atoms with van der Waals surface area (Å²) in [5.41, 5.74) is 7.13. The molecule has 0 fully saturated rings. The van der Waals surface area contributed by atoms with Crippen LogP contribution in [0.15, 0.2) is 52.8 Å². The van der Waals surface area contributed by atoms with Gasteiger partial charge in [0.2, 0.25) is 6.41 Å². The summed E-state index contributed by atoms with van der Waals surface area (Å²) in [7, 11) is 3.77. The molecule has 0 aliphatic heterocycles. The van der Waals surface area contributed by atoms with E-state index in [1.165, 1.54) is 11.1 Å². The lowest BCUT2D eigenvalue weighted by Crippen LogP contribution is -2.34. The number of aryl methyl sites for hydroxylation is 1. The van der Waals surface area contributed by atoms with Crippen molar-refractivity contribution >= 4 is 6.41 Å². The van der Waals surface area contributed by atoms with E-state index in [0.29, 0.717) is 5.56 Å². The average Bonchev–Trinajstić information content (AvgIpc) is 2.76. The Hall–Kier alpha value is -2.64. The third-order valence-corrected chi connectivity index (χ3v) is 6.22. The Bertz CT molecular complexity index is 928. The van der Waals surface area contributed by atoms with Gasteiger partial charge in [0.05, 0.1) is 17.7 Å². The molecule has 1 atom stereocenters. The predicted molar refractivity (Wildman–Crippen MR) is 124 cm³/mol. The largest absolute Gasteiger partial charge is 0.318 e. The zero-order valence-electron chi connectivity index (χ0n) is 19.5. The van der Waals surface area contributed by atoms with Crippen molar-refractivity contribution < 1.29 is 4.79 Å². The van der Waals surface area contributed by atoms with E-state index in [1.807, 2.05) is 27.1 Å². The number of nitrogens with zero attached hydrogens (tertiary/aromatic N) is 2. The third-order valence-electron chi connectivity index (χ3n) is 6.22. The molecule has 2 rings (SSSR count). The van der Waals surface area contributed by atoms with Gasteiger partial charge in [0.1, 0.15) is 0 Å². The van der Waals surface area contributed by atoms with Crippen LogP contribution in [0.2, 0.25) is 0 Å². The molecular formula is C26H35N3O. The van der Waals surface area contributed by atoms with E-state index in [1.54, 1.807) is 4.90 Å². The Balaban J connectivity index is 2.70. The fourth-order valence-electron chi connectivity index (χ4n) is 4.58. The highest BCUT2D eigenvalue weighted by Gasteiger charge is 2.37. The highest BCUT2D eigenvalue weighted by molar-refractivity contribution is 5.58. The summed E-state index contributed by atoms with van der Waals surface area (Å²) in [4.78, 5) is 13.2. The number of carbonyl (C=O) groups is 1. The summed E-state index contributed by atoms with van der Waals surface area (Å²) in [6, 6.07) is 8.38. The lowest BCUT2D eigenvalue weighted by molar-refractivity contribution is -0.115. The monoisotopic (exact) mass is 405 g/mol. The summed E-state index contributed by atoms with van der Waals surface area (Å²) < 4.78 is 0. The summed E-state index contributed by atoms with van der Waals surface area (Å²) in [6.45, 7) is 10.8. The molecule has 1 aromatic rings. The molecule has 0 radical (unpaired) electrons. The molecule has 0 spiro atoms. The Kier molecular flexibility index (Phi) is 7.81. The number of likely N-dealkylation sites (N-methyl/N-ethyl adjacent to an activating group) is 2. The minimum Gasteiger partial charge on any atom is -0.318 e. The zero-order chi connectivity index (χ0) is 22.5. The normalized spacial score (nSPS) is 16.1. The molecule has 1 amide bonds. The lowest BCUT2D eigenvalue weighted by atomic mass is 9.68. The van der Waals surface area contributed by atoms with Gasteiger partial charge in [0, 0.05) is 18.2 Å². The van der Waals surface area contributed by atoms with Gasteiger partial charge in [0.25, 0.3) is 0 Å². The van der Waals surface area contributed by atoms with Gasteiger partial charge in [-0.2, -0.15) is 5.26 Å². The molecule has 0 aromatic heterocycles. The van der Waals surface area contributed by atoms with E-state index < -0.39 is 0 Å². The number of benzene rings is 1. The maximum absolute atomic E-state index is 11.6. The first-order chi connectivity index (χ1) is 14.2. The smallest absolute Gasteiger partial charge is 0.213 e. The highest BCUT2D eigenvalue weighted by Crippen LogP contribution is 2.48. The van der Waals surface area contributed by atoms with Gasteiger partial charge in [-0.3, -0.25) is 4.79 Å². The van der Waals surface area contributed by atoms with Crippen molar-refractivity contribution in [2.75, 3.05) is 14.1 Å². The molecular weight excluding hydrogens is 370 g/mol. The molecule has 4 nitrogen and oxygen atoms in total. The molecule has 4 heteroatoms. The third kappa shape index (κ3) is 4.57. The quantitative estimate of drug-likeness (QED) is 0.454. The summed E-state index contributed by atoms with van der Waals surface area (Å²) in [5.74, 6) is 0. The van der Waals surface area contributed by atoms with Crippen LogP contribution in [0.5, 0.6) is 0 Å². The first-order valence-corrected chi connectivity index (χ1v) is 10.7. The van der Waals surface area contributed by atoms with Gasteiger partial charge < -0.3 is 10.2 Å². The van der Waals surface area contributed by atoms with E-state index in [4.69, 9.17) is 0 Å². The van der Waals surface area contributed by atoms with E-state index >= 15 is 0 Å². The number of hydrogen-bond donors (Lipinski definition) is 1. The molecule has 1 aliphatic rings. The minimum absolute atomic E-state index is 0.0965. The number of hydrogen-bond acceptors (Lipinski definition) is 3. The molecule has 30 heavy (non-hydrogen) atoms. The number of amides is 1. The fourth-order valence-corrected chi connectivity index (χ4v) is 4.58. The van der Waals surface area contributed by atoms with Crippen molar-refractivity contribution in [1.82, 2.24) is 10.2 Å². The van der Waals surface area contributed by atoms with Crippen LogP contribution in [-0.4, -0.2) is 25.4 Å². The van der Waals surface area contributed by atoms with Crippen LogP contribution in [0.25, 0.3) is 0 Å². The van der Waals surface area contributed by atoms with Gasteiger partial charge in [0.15, 0.2) is 0 Å². The van der Waals surface area contributed by atoms with Crippen LogP contribution in [0.1, 0.15) is 69.7 Å². The Morgan fingerprint density at radius 1 is 1.33 bits per heavy atom. The molecule has 0 saturated carbocycles. The van der Waals surface area contributed by atoms with Crippen LogP contribution >= 0.6 is 0 Å². The lowest BCUT2D eigenvalue weighted by Gasteiger charge is -2.41. The number of nitrogens with one attached hydrogen (secondary N) is 1. The van der Waals surface area contributed by atoms with Crippen molar-refractivity contribution in [3.8, 4) is 6.07 Å². The maximum Gasteiger partial charge on any atom is 0.213 e. The van der Waals surface area contributed by atoms with Crippen molar-refractivity contribution in [3.05, 3.63) is 69.5 Å². The topological polar surface area (TPSA) is 56.1 Å². The Labute approximate surface area is 182 Å². The highest BCUT2D eigenvalue weighted by atomic mass is 16.1. The molecule has 1 aliphatic carbocycles. The summed E-state index contributed by atoms with van der Waals surface area (Å²) in [6.07, 6.45) is 8.12. The zero-order valence-corrected chi connectivity index (χ0v) is 19.5. The average molecular weight is 406 g/mol. The standard InChI is InChI=1S/C26H35N3O/c1-8-19(3)24(25(28-6)21-14-13-18(2)15-20(21)16-27)26(4,5)22-11-9-10-12-23(22)29(7)17-30/h11-15,17,25,28H,8-10H2,1-7H3/b24-19+. The van der Waals surface area contributed by atoms with Crippen LogP contribution < -0.4 is 5.32 Å². The SMILES string of the molecule is CC/C(C)=C(\C(NC)c1ccc(C)cc1C#N)C(C)(C)C1=CCCC=C1N(C)C=O. The summed E-state index contributed by atoms with van der Waals surface area (Å²) >= 11 is 0. The van der Waals surface area contributed by atoms with Gasteiger partial charge in [-0.15, -0.1) is 0 Å². The van der Waals surface area contributed by atoms with E-state index in [-0.39, 0.29) is 11.5 Å². The van der Waals surface area contributed by atoms with Crippen molar-refractivity contribution in [1.29, 1.82) is 5.26 Å². The van der Waals surface area contributed by atoms with Crippen molar-refractivity contribution in [3.63, 3.8) is 0 Å². The minimum atomic E-state index is -0.324. The molecule has 160 valence electrons. The van der Waals surface area contributed by atoms with E-state index in [0.717, 1.165) is 48.1 Å². The van der Waals surface area contributed by atoms with Crippen molar-refractivity contribution in [2.45, 2.75) is 59.9 Å². The first kappa shape index (κ1) is 23.6. The van der Waals surface area contributed by atoms with Gasteiger partial charge in [-0.25, -0.2) is 0 Å². The summed E-state index contributed by atoms with van der Waals surface area (Å²) in [5, 5.41) is 13.3. The van der Waals surface area contributed by atoms with Crippen LogP contribution in [0, 0.1) is 23.7 Å². The van der Waals surface area contributed by atoms with Gasteiger partial charge in [-0.1, -0.05) is 50.6 Å². The van der Waals surface area contributed by atoms with Gasteiger partial charge >= 0.3 is 0 Å². The molecule has 0 heterocycles. The van der Waals surface area contributed by atoms with Crippen LogP contribution in [0.3, 0.4) is 0 Å². The van der Waals surface area contributed by atoms with Gasteiger partial charge in [-0.05, 0) is 68.5 Å². The molecule has 0 bridgehead atoms. The first-order valence-electron chi connectivity index (χ1n) is 10.7. The molecule has 1 N–H and O–H groups in total. The Morgan fingerprint density at radius 3 is 2.57 bits per heavy atom. The molecule has 0 saturated heterocycles. The molecule has 1 unspecified atom stereocenters. The Morgan fingerprint density at radius 2 is 2.00 bits per heavy atom. The fraction of sp³-hybridized carbons (Fsp3) is 0.462. The second kappa shape index (κ2) is 9.91. The van der Waals surface area contributed by atoms with Crippen LogP contribution in [0.4, 0.5) is 0 Å². The molecule has 1 aromatic carbocycles. The van der Waals surface area contributed by atoms with Crippen LogP contribution in [-0.2, 0) is 4.79 Å². The number of allylic oxidation sites excluding steroid dienone is 4. The number of rotatable bonds is 8. The van der Waals surface area contributed by atoms with Crippen molar-refractivity contribution in [2.24, 2.45) is 5.41 Å². The number of carbonyl (C=O) groups excluding carboxylic acids is 1. The second-order valence-corrected chi connectivity index (χ2v) is 8.60. The maximum atomic E-state index is 11.6. The predicted octanol–water partition coefficient (Wildman–Crippen LogP) is 5.57. The van der Waals surface area contributed by atoms with E-state index in [2.05, 4.69) is 63.4 Å². The number of nitriles is 1. The second-order valence-electron chi connectivity index (χ2n) is 8.60. The van der Waals surface area contributed by atoms with E-state index in [9.17, 15) is 10.1 Å².